The van der Waals surface area contributed by atoms with E-state index < -0.39 is 0 Å². The van der Waals surface area contributed by atoms with Crippen LogP contribution >= 0.6 is 0 Å². The highest BCUT2D eigenvalue weighted by atomic mass is 14.8. The minimum absolute atomic E-state index is 0.429. The third-order valence-corrected chi connectivity index (χ3v) is 21.3. The Balaban J connectivity index is 0.000000130. The average molecular weight is 1650 g/mol. The van der Waals surface area contributed by atoms with Crippen LogP contribution in [0.3, 0.4) is 0 Å². The van der Waals surface area contributed by atoms with Crippen molar-refractivity contribution >= 4 is 0 Å². The molecule has 0 N–H and O–H groups in total. The molecule has 13 heteroatoms. The van der Waals surface area contributed by atoms with Gasteiger partial charge in [0.1, 0.15) is 0 Å². The average Bonchev–Trinajstić information content (AvgIpc) is 0.841. The van der Waals surface area contributed by atoms with Gasteiger partial charge in [0.05, 0.1) is 56.9 Å². The summed E-state index contributed by atoms with van der Waals surface area (Å²) in [5.41, 5.74) is 33.8. The van der Waals surface area contributed by atoms with E-state index in [4.69, 9.17) is 15.0 Å². The minimum atomic E-state index is 0.429. The van der Waals surface area contributed by atoms with E-state index in [2.05, 4.69) is 309 Å². The van der Waals surface area contributed by atoms with Crippen LogP contribution in [-0.2, 0) is 0 Å². The number of aromatic nitrogens is 13. The van der Waals surface area contributed by atoms with E-state index in [1.807, 2.05) is 183 Å². The van der Waals surface area contributed by atoms with Crippen LogP contribution in [0.5, 0.6) is 0 Å². The molecule has 0 aliphatic carbocycles. The molecule has 0 bridgehead atoms. The van der Waals surface area contributed by atoms with Crippen LogP contribution in [0.15, 0.2) is 396 Å². The van der Waals surface area contributed by atoms with Crippen LogP contribution in [0.25, 0.3) is 135 Å². The Morgan fingerprint density at radius 3 is 0.627 bits per heavy atom. The molecule has 13 nitrogen and oxygen atoms in total. The van der Waals surface area contributed by atoms with Crippen molar-refractivity contribution in [3.8, 4) is 135 Å². The Kier molecular flexibility index (Phi) is 31.5. The van der Waals surface area contributed by atoms with Gasteiger partial charge in [-0.15, -0.1) is 0 Å². The summed E-state index contributed by atoms with van der Waals surface area (Å²) < 4.78 is 0. The van der Waals surface area contributed by atoms with Crippen molar-refractivity contribution < 1.29 is 0 Å². The van der Waals surface area contributed by atoms with Crippen molar-refractivity contribution in [2.24, 2.45) is 0 Å². The molecule has 0 saturated heterocycles. The SMILES string of the molecule is CC(C)c1cc(-c2ccccc2)cc(-c2ccncc2)c1.CC(C)c1cc(-c2ccccc2)nc(-c2ccccn2)c1.CC(C)c1cc(-c2ccccn2)nc(-c2ccccn2)c1.CC(C)c1cc(-c2cccnc2)nc(-c2ccccn2)c1.CC(C)c1cc(-c2ccncc2)cc(-c2cccnc2)c1.CC(C)c1cc(-c2ccncc2)cc(-c2ccncc2)c1. The van der Waals surface area contributed by atoms with Crippen LogP contribution in [0.4, 0.5) is 0 Å². The first-order chi connectivity index (χ1) is 61.4. The second-order valence-corrected chi connectivity index (χ2v) is 32.5. The first-order valence-corrected chi connectivity index (χ1v) is 43.1. The van der Waals surface area contributed by atoms with Gasteiger partial charge in [-0.25, -0.2) is 15.0 Å². The van der Waals surface area contributed by atoms with Gasteiger partial charge in [0.2, 0.25) is 0 Å². The van der Waals surface area contributed by atoms with Gasteiger partial charge < -0.3 is 0 Å². The van der Waals surface area contributed by atoms with E-state index in [1.54, 1.807) is 37.2 Å². The highest BCUT2D eigenvalue weighted by molar-refractivity contribution is 5.78. The molecule has 18 aromatic rings. The molecule has 624 valence electrons. The fourth-order valence-corrected chi connectivity index (χ4v) is 14.0. The van der Waals surface area contributed by atoms with Crippen molar-refractivity contribution in [3.63, 3.8) is 0 Å². The molecule has 0 radical (unpaired) electrons. The first kappa shape index (κ1) is 88.8. The summed E-state index contributed by atoms with van der Waals surface area (Å²) in [6.07, 6.45) is 29.2. The van der Waals surface area contributed by atoms with Crippen molar-refractivity contribution in [1.29, 1.82) is 0 Å². The van der Waals surface area contributed by atoms with E-state index >= 15 is 0 Å². The van der Waals surface area contributed by atoms with Crippen molar-refractivity contribution in [2.75, 3.05) is 0 Å². The molecule has 0 aliphatic heterocycles. The lowest BCUT2D eigenvalue weighted by atomic mass is 9.92. The molecule has 126 heavy (non-hydrogen) atoms. The zero-order valence-electron chi connectivity index (χ0n) is 73.8. The molecule has 0 aliphatic rings. The summed E-state index contributed by atoms with van der Waals surface area (Å²) in [6, 6.07) is 102. The molecule has 0 amide bonds. The fourth-order valence-electron chi connectivity index (χ4n) is 14.0. The Morgan fingerprint density at radius 2 is 0.365 bits per heavy atom. The third kappa shape index (κ3) is 25.1. The normalized spacial score (nSPS) is 10.8. The summed E-state index contributed by atoms with van der Waals surface area (Å²) in [6.45, 7) is 26.5. The van der Waals surface area contributed by atoms with Gasteiger partial charge in [-0.2, -0.15) is 0 Å². The molecule has 0 fully saturated rings. The zero-order valence-corrected chi connectivity index (χ0v) is 73.8. The number of nitrogens with zero attached hydrogens (tertiary/aromatic N) is 13. The molecular weight excluding hydrogens is 1540 g/mol. The number of benzene rings is 5. The maximum atomic E-state index is 4.79. The molecule has 0 spiro atoms. The number of hydrogen-bond donors (Lipinski definition) is 0. The van der Waals surface area contributed by atoms with Crippen LogP contribution in [0.1, 0.15) is 152 Å². The highest BCUT2D eigenvalue weighted by Crippen LogP contribution is 2.37. The third-order valence-electron chi connectivity index (χ3n) is 21.3. The van der Waals surface area contributed by atoms with Crippen LogP contribution < -0.4 is 0 Å². The van der Waals surface area contributed by atoms with E-state index in [0.717, 1.165) is 73.6 Å². The van der Waals surface area contributed by atoms with Gasteiger partial charge in [-0.3, -0.25) is 49.8 Å². The number of pyridine rings is 13. The quantitative estimate of drug-likeness (QED) is 0.0797. The Labute approximate surface area is 743 Å². The zero-order chi connectivity index (χ0) is 87.9. The topological polar surface area (TPSA) is 168 Å². The van der Waals surface area contributed by atoms with Gasteiger partial charge in [0.15, 0.2) is 0 Å². The molecular formula is C113H107N13. The van der Waals surface area contributed by atoms with Gasteiger partial charge in [-0.05, 0) is 300 Å². The van der Waals surface area contributed by atoms with E-state index in [-0.39, 0.29) is 0 Å². The Hall–Kier alpha value is -15.0. The standard InChI is InChI=1S/C20H19N.3C19H18N2.2C18H17N3/c1-15(2)18-12-19(16-6-4-3-5-7-16)14-20(13-18)17-8-10-21-11-9-17;1-14(2)17-11-18(15-3-7-20-8-4-15)13-19(12-17)16-5-9-21-10-6-16;1-14(2)17-10-18(15-5-8-20-9-6-15)12-19(11-17)16-4-3-7-21-13-16;1-14(2)16-12-18(15-8-4-3-5-9-15)21-19(13-16)17-10-6-7-11-20-17;1-13(2)14-11-17(15-7-3-5-9-19-15)21-18(12-14)16-8-4-6-10-20-16;1-13(2)15-10-17(14-6-5-8-19-12-14)21-18(11-15)16-7-3-4-9-20-16/h3-15H,1-2H3;3*3-14H,1-2H3;2*3-13H,1-2H3. The minimum Gasteiger partial charge on any atom is -0.265 e. The molecule has 18 rings (SSSR count). The number of rotatable bonds is 18. The molecule has 13 aromatic heterocycles. The molecule has 0 unspecified atom stereocenters. The maximum absolute atomic E-state index is 4.79. The Bertz CT molecular complexity index is 4980. The second kappa shape index (κ2) is 44.7. The summed E-state index contributed by atoms with van der Waals surface area (Å²) in [7, 11) is 0. The largest absolute Gasteiger partial charge is 0.265 e. The fraction of sp³-hybridized carbons (Fsp3) is 0.159. The molecule has 0 saturated carbocycles. The lowest BCUT2D eigenvalue weighted by molar-refractivity contribution is 0.864. The van der Waals surface area contributed by atoms with E-state index in [9.17, 15) is 0 Å². The van der Waals surface area contributed by atoms with E-state index in [0.29, 0.717) is 35.5 Å². The lowest BCUT2D eigenvalue weighted by Crippen LogP contribution is -1.96. The number of hydrogen-bond acceptors (Lipinski definition) is 13. The summed E-state index contributed by atoms with van der Waals surface area (Å²) in [4.78, 5) is 56.7. The smallest absolute Gasteiger partial charge is 0.0897 e. The Morgan fingerprint density at radius 1 is 0.143 bits per heavy atom. The monoisotopic (exact) mass is 1650 g/mol. The second-order valence-electron chi connectivity index (χ2n) is 32.5. The highest BCUT2D eigenvalue weighted by Gasteiger charge is 2.17. The van der Waals surface area contributed by atoms with Crippen molar-refractivity contribution in [2.45, 2.75) is 119 Å². The predicted molar refractivity (Wildman–Crippen MR) is 520 cm³/mol. The lowest BCUT2D eigenvalue weighted by Gasteiger charge is -2.13. The maximum Gasteiger partial charge on any atom is 0.0897 e. The summed E-state index contributed by atoms with van der Waals surface area (Å²) >= 11 is 0. The molecule has 5 aromatic carbocycles. The van der Waals surface area contributed by atoms with Gasteiger partial charge in [-0.1, -0.05) is 210 Å². The van der Waals surface area contributed by atoms with Crippen LogP contribution in [0.2, 0.25) is 0 Å². The van der Waals surface area contributed by atoms with Crippen molar-refractivity contribution in [1.82, 2.24) is 64.8 Å². The molecule has 13 heterocycles. The van der Waals surface area contributed by atoms with E-state index in [1.165, 1.54) is 94.6 Å². The van der Waals surface area contributed by atoms with Crippen LogP contribution in [0, 0.1) is 0 Å². The van der Waals surface area contributed by atoms with Gasteiger partial charge in [0.25, 0.3) is 0 Å². The molecule has 0 atom stereocenters. The summed E-state index contributed by atoms with van der Waals surface area (Å²) in [5, 5.41) is 0. The van der Waals surface area contributed by atoms with Crippen molar-refractivity contribution in [3.05, 3.63) is 430 Å². The first-order valence-electron chi connectivity index (χ1n) is 43.1. The van der Waals surface area contributed by atoms with Crippen LogP contribution in [-0.4, -0.2) is 64.8 Å². The predicted octanol–water partition coefficient (Wildman–Crippen LogP) is 29.0. The van der Waals surface area contributed by atoms with Gasteiger partial charge in [0, 0.05) is 116 Å². The summed E-state index contributed by atoms with van der Waals surface area (Å²) in [5.74, 6) is 2.81. The van der Waals surface area contributed by atoms with Gasteiger partial charge >= 0.3 is 0 Å².